The number of amides is 1. The Bertz CT molecular complexity index is 252. The Morgan fingerprint density at radius 2 is 1.89 bits per heavy atom. The highest BCUT2D eigenvalue weighted by Gasteiger charge is 2.20. The smallest absolute Gasteiger partial charge is 0.236 e. The van der Waals surface area contributed by atoms with Gasteiger partial charge in [0.1, 0.15) is 0 Å². The molecule has 0 spiro atoms. The molecule has 1 N–H and O–H groups in total. The Morgan fingerprint density at radius 1 is 1.28 bits per heavy atom. The van der Waals surface area contributed by atoms with Crippen LogP contribution in [0.2, 0.25) is 0 Å². The molecule has 0 bridgehead atoms. The number of nitrogens with zero attached hydrogens (tertiary/aromatic N) is 2. The van der Waals surface area contributed by atoms with Crippen molar-refractivity contribution in [1.82, 2.24) is 9.80 Å². The van der Waals surface area contributed by atoms with Crippen LogP contribution in [0.25, 0.3) is 0 Å². The Hall–Kier alpha value is -0.610. The maximum absolute atomic E-state index is 12.1. The van der Waals surface area contributed by atoms with E-state index in [-0.39, 0.29) is 18.6 Å². The molecule has 1 saturated carbocycles. The molecule has 1 rings (SSSR count). The van der Waals surface area contributed by atoms with Gasteiger partial charge in [-0.2, -0.15) is 0 Å². The first kappa shape index (κ1) is 15.4. The third-order valence-electron chi connectivity index (χ3n) is 4.08. The van der Waals surface area contributed by atoms with Crippen LogP contribution >= 0.6 is 0 Å². The summed E-state index contributed by atoms with van der Waals surface area (Å²) in [5.74, 6) is 0.844. The summed E-state index contributed by atoms with van der Waals surface area (Å²) in [5.41, 5.74) is 0. The average Bonchev–Trinajstić information content (AvgIpc) is 2.38. The Morgan fingerprint density at radius 3 is 2.44 bits per heavy atom. The molecule has 1 unspecified atom stereocenters. The largest absolute Gasteiger partial charge is 0.395 e. The number of carbonyl (C=O) groups excluding carboxylic acids is 1. The first-order chi connectivity index (χ1) is 8.54. The van der Waals surface area contributed by atoms with Crippen molar-refractivity contribution >= 4 is 5.91 Å². The molecule has 1 atom stereocenters. The second kappa shape index (κ2) is 7.74. The highest BCUT2D eigenvalue weighted by molar-refractivity contribution is 5.78. The van der Waals surface area contributed by atoms with E-state index in [4.69, 9.17) is 5.11 Å². The van der Waals surface area contributed by atoms with Crippen LogP contribution in [-0.4, -0.2) is 60.6 Å². The standard InChI is InChI=1S/C14H28N2O2/c1-12(11-17)15(2)10-14(18)16(3)9-13-7-5-4-6-8-13/h12-13,17H,4-11H2,1-3H3. The van der Waals surface area contributed by atoms with Crippen LogP contribution in [-0.2, 0) is 4.79 Å². The van der Waals surface area contributed by atoms with Crippen molar-refractivity contribution in [3.8, 4) is 0 Å². The summed E-state index contributed by atoms with van der Waals surface area (Å²) in [5, 5.41) is 9.05. The van der Waals surface area contributed by atoms with E-state index in [1.807, 2.05) is 30.8 Å². The van der Waals surface area contributed by atoms with Crippen molar-refractivity contribution in [2.75, 3.05) is 33.8 Å². The van der Waals surface area contributed by atoms with Gasteiger partial charge in [0.25, 0.3) is 0 Å². The number of carbonyl (C=O) groups is 1. The molecule has 0 aromatic rings. The zero-order valence-electron chi connectivity index (χ0n) is 12.1. The molecule has 4 heteroatoms. The Balaban J connectivity index is 2.31. The molecule has 18 heavy (non-hydrogen) atoms. The first-order valence-corrected chi connectivity index (χ1v) is 7.09. The fourth-order valence-electron chi connectivity index (χ4n) is 2.49. The summed E-state index contributed by atoms with van der Waals surface area (Å²) in [7, 11) is 3.78. The predicted molar refractivity (Wildman–Crippen MR) is 73.4 cm³/mol. The van der Waals surface area contributed by atoms with Gasteiger partial charge in [-0.25, -0.2) is 0 Å². The van der Waals surface area contributed by atoms with E-state index in [1.165, 1.54) is 32.1 Å². The van der Waals surface area contributed by atoms with Crippen molar-refractivity contribution in [2.24, 2.45) is 5.92 Å². The molecule has 0 saturated heterocycles. The fourth-order valence-corrected chi connectivity index (χ4v) is 2.49. The molecule has 1 fully saturated rings. The molecule has 4 nitrogen and oxygen atoms in total. The lowest BCUT2D eigenvalue weighted by atomic mass is 9.89. The molecule has 0 aromatic heterocycles. The van der Waals surface area contributed by atoms with Gasteiger partial charge in [0, 0.05) is 19.6 Å². The molecule has 1 aliphatic carbocycles. The van der Waals surface area contributed by atoms with E-state index in [0.717, 1.165) is 6.54 Å². The van der Waals surface area contributed by atoms with Crippen LogP contribution in [0.5, 0.6) is 0 Å². The minimum atomic E-state index is 0.0389. The van der Waals surface area contributed by atoms with Crippen molar-refractivity contribution in [2.45, 2.75) is 45.1 Å². The molecule has 0 aliphatic heterocycles. The predicted octanol–water partition coefficient (Wildman–Crippen LogP) is 1.34. The third-order valence-corrected chi connectivity index (χ3v) is 4.08. The lowest BCUT2D eigenvalue weighted by Gasteiger charge is -2.29. The number of aliphatic hydroxyl groups excluding tert-OH is 1. The van der Waals surface area contributed by atoms with E-state index in [1.54, 1.807) is 0 Å². The van der Waals surface area contributed by atoms with E-state index in [2.05, 4.69) is 0 Å². The molecule has 1 aliphatic rings. The van der Waals surface area contributed by atoms with Gasteiger partial charge in [-0.3, -0.25) is 9.69 Å². The van der Waals surface area contributed by atoms with Crippen molar-refractivity contribution in [1.29, 1.82) is 0 Å². The van der Waals surface area contributed by atoms with Gasteiger partial charge in [0.2, 0.25) is 5.91 Å². The summed E-state index contributed by atoms with van der Waals surface area (Å²) in [4.78, 5) is 15.8. The first-order valence-electron chi connectivity index (χ1n) is 7.09. The maximum atomic E-state index is 12.1. The van der Waals surface area contributed by atoms with Crippen molar-refractivity contribution < 1.29 is 9.90 Å². The van der Waals surface area contributed by atoms with Gasteiger partial charge in [-0.15, -0.1) is 0 Å². The van der Waals surface area contributed by atoms with E-state index in [9.17, 15) is 4.79 Å². The van der Waals surface area contributed by atoms with Crippen LogP contribution < -0.4 is 0 Å². The van der Waals surface area contributed by atoms with Crippen molar-refractivity contribution in [3.05, 3.63) is 0 Å². The Labute approximate surface area is 111 Å². The number of hydrogen-bond acceptors (Lipinski definition) is 3. The summed E-state index contributed by atoms with van der Waals surface area (Å²) in [6.07, 6.45) is 6.51. The third kappa shape index (κ3) is 4.94. The molecule has 1 amide bonds. The zero-order valence-corrected chi connectivity index (χ0v) is 12.1. The SMILES string of the molecule is CC(CO)N(C)CC(=O)N(C)CC1CCCCC1. The molecule has 106 valence electrons. The topological polar surface area (TPSA) is 43.8 Å². The second-order valence-electron chi connectivity index (χ2n) is 5.73. The van der Waals surface area contributed by atoms with E-state index >= 15 is 0 Å². The van der Waals surface area contributed by atoms with Gasteiger partial charge >= 0.3 is 0 Å². The van der Waals surface area contributed by atoms with Gasteiger partial charge in [-0.1, -0.05) is 19.3 Å². The van der Waals surface area contributed by atoms with Crippen LogP contribution in [0.3, 0.4) is 0 Å². The van der Waals surface area contributed by atoms with Gasteiger partial charge in [0.15, 0.2) is 0 Å². The highest BCUT2D eigenvalue weighted by atomic mass is 16.3. The molecule has 0 heterocycles. The summed E-state index contributed by atoms with van der Waals surface area (Å²) in [6, 6.07) is 0.0389. The fraction of sp³-hybridized carbons (Fsp3) is 0.929. The lowest BCUT2D eigenvalue weighted by molar-refractivity contribution is -0.132. The molecular formula is C14H28N2O2. The van der Waals surface area contributed by atoms with E-state index < -0.39 is 0 Å². The van der Waals surface area contributed by atoms with Crippen LogP contribution in [0.1, 0.15) is 39.0 Å². The minimum absolute atomic E-state index is 0.0389. The molecular weight excluding hydrogens is 228 g/mol. The second-order valence-corrected chi connectivity index (χ2v) is 5.73. The lowest BCUT2D eigenvalue weighted by Crippen LogP contribution is -2.43. The zero-order chi connectivity index (χ0) is 13.5. The monoisotopic (exact) mass is 256 g/mol. The molecule has 0 radical (unpaired) electrons. The van der Waals surface area contributed by atoms with Crippen LogP contribution in [0.4, 0.5) is 0 Å². The number of rotatable bonds is 6. The summed E-state index contributed by atoms with van der Waals surface area (Å²) >= 11 is 0. The number of likely N-dealkylation sites (N-methyl/N-ethyl adjacent to an activating group) is 2. The minimum Gasteiger partial charge on any atom is -0.395 e. The van der Waals surface area contributed by atoms with Gasteiger partial charge in [0.05, 0.1) is 13.2 Å². The number of aliphatic hydroxyl groups is 1. The average molecular weight is 256 g/mol. The number of hydrogen-bond donors (Lipinski definition) is 1. The van der Waals surface area contributed by atoms with Gasteiger partial charge < -0.3 is 10.0 Å². The summed E-state index contributed by atoms with van der Waals surface area (Å²) < 4.78 is 0. The molecule has 0 aromatic carbocycles. The Kier molecular flexibility index (Phi) is 6.65. The van der Waals surface area contributed by atoms with E-state index in [0.29, 0.717) is 12.5 Å². The maximum Gasteiger partial charge on any atom is 0.236 e. The van der Waals surface area contributed by atoms with Crippen LogP contribution in [0, 0.1) is 5.92 Å². The highest BCUT2D eigenvalue weighted by Crippen LogP contribution is 2.24. The van der Waals surface area contributed by atoms with Crippen LogP contribution in [0.15, 0.2) is 0 Å². The quantitative estimate of drug-likeness (QED) is 0.780. The van der Waals surface area contributed by atoms with Crippen molar-refractivity contribution in [3.63, 3.8) is 0 Å². The van der Waals surface area contributed by atoms with Gasteiger partial charge in [-0.05, 0) is 32.7 Å². The summed E-state index contributed by atoms with van der Waals surface area (Å²) in [6.45, 7) is 3.30. The normalized spacial score (nSPS) is 18.9.